The van der Waals surface area contributed by atoms with E-state index in [1.54, 1.807) is 30.6 Å². The van der Waals surface area contributed by atoms with Gasteiger partial charge in [0.1, 0.15) is 12.1 Å². The third-order valence-corrected chi connectivity index (χ3v) is 5.10. The Morgan fingerprint density at radius 3 is 2.84 bits per heavy atom. The number of halogens is 1. The maximum Gasteiger partial charge on any atom is 0.223 e. The van der Waals surface area contributed by atoms with E-state index in [-0.39, 0.29) is 12.4 Å². The van der Waals surface area contributed by atoms with Crippen molar-refractivity contribution < 1.29 is 9.50 Å². The molecule has 3 heterocycles. The van der Waals surface area contributed by atoms with E-state index >= 15 is 0 Å². The first-order valence-corrected chi connectivity index (χ1v) is 9.76. The summed E-state index contributed by atoms with van der Waals surface area (Å²) in [6.07, 6.45) is 5.23. The lowest BCUT2D eigenvalue weighted by atomic mass is 10.0. The molecule has 2 aromatic carbocycles. The second kappa shape index (κ2) is 8.04. The third-order valence-electron chi connectivity index (χ3n) is 5.10. The van der Waals surface area contributed by atoms with Crippen LogP contribution in [0.15, 0.2) is 61.2 Å². The maximum atomic E-state index is 14.2. The third kappa shape index (κ3) is 3.66. The lowest BCUT2D eigenvalue weighted by Crippen LogP contribution is -2.15. The first-order valence-electron chi connectivity index (χ1n) is 9.76. The predicted octanol–water partition coefficient (Wildman–Crippen LogP) is 3.64. The van der Waals surface area contributed by atoms with Crippen LogP contribution in [0.5, 0.6) is 0 Å². The van der Waals surface area contributed by atoms with Crippen molar-refractivity contribution in [1.82, 2.24) is 30.1 Å². The van der Waals surface area contributed by atoms with Gasteiger partial charge >= 0.3 is 0 Å². The Labute approximate surface area is 176 Å². The van der Waals surface area contributed by atoms with Gasteiger partial charge in [-0.2, -0.15) is 5.10 Å². The molecule has 0 aliphatic carbocycles. The number of rotatable bonds is 6. The van der Waals surface area contributed by atoms with Crippen molar-refractivity contribution in [3.05, 3.63) is 72.6 Å². The first-order chi connectivity index (χ1) is 15.2. The average Bonchev–Trinajstić information content (AvgIpc) is 3.28. The zero-order valence-corrected chi connectivity index (χ0v) is 16.3. The number of aliphatic hydroxyl groups excluding tert-OH is 1. The molecule has 154 valence electrons. The molecule has 1 atom stereocenters. The molecule has 3 aromatic heterocycles. The molecule has 0 spiro atoms. The average molecular weight is 415 g/mol. The summed E-state index contributed by atoms with van der Waals surface area (Å²) in [5.41, 5.74) is 3.53. The van der Waals surface area contributed by atoms with Gasteiger partial charge in [-0.25, -0.2) is 24.3 Å². The Kier molecular flexibility index (Phi) is 4.93. The lowest BCUT2D eigenvalue weighted by Gasteiger charge is -2.19. The zero-order valence-electron chi connectivity index (χ0n) is 16.3. The first kappa shape index (κ1) is 19.0. The number of hydrogen-bond acceptors (Lipinski definition) is 7. The van der Waals surface area contributed by atoms with Gasteiger partial charge in [0.25, 0.3) is 0 Å². The minimum absolute atomic E-state index is 0.0929. The molecule has 0 unspecified atom stereocenters. The second-order valence-corrected chi connectivity index (χ2v) is 7.05. The van der Waals surface area contributed by atoms with Crippen molar-refractivity contribution in [2.75, 3.05) is 11.9 Å². The standard InChI is InChI=1S/C22H18FN7O/c23-17-4-2-1-3-15(17)19(7-8-31)29-22-24-10-14-9-13(5-6-18(14)28-22)20-16-11-27-30-21(16)26-12-25-20/h1-6,9-12,19,31H,7-8H2,(H,24,28,29)(H,25,26,27,30)/t19-/m1/s1. The number of fused-ring (bicyclic) bond motifs is 2. The minimum atomic E-state index is -0.446. The summed E-state index contributed by atoms with van der Waals surface area (Å²) in [6, 6.07) is 11.8. The summed E-state index contributed by atoms with van der Waals surface area (Å²) in [4.78, 5) is 17.5. The summed E-state index contributed by atoms with van der Waals surface area (Å²) in [6.45, 7) is -0.0929. The van der Waals surface area contributed by atoms with E-state index in [4.69, 9.17) is 0 Å². The second-order valence-electron chi connectivity index (χ2n) is 7.05. The SMILES string of the molecule is OCC[C@@H](Nc1ncc2cc(-c3ncnc4[nH]ncc34)ccc2n1)c1ccccc1F. The Morgan fingerprint density at radius 2 is 1.97 bits per heavy atom. The topological polar surface area (TPSA) is 112 Å². The predicted molar refractivity (Wildman–Crippen MR) is 115 cm³/mol. The normalized spacial score (nSPS) is 12.3. The van der Waals surface area contributed by atoms with Crippen LogP contribution in [0.4, 0.5) is 10.3 Å². The largest absolute Gasteiger partial charge is 0.396 e. The molecule has 9 heteroatoms. The highest BCUT2D eigenvalue weighted by molar-refractivity contribution is 5.93. The van der Waals surface area contributed by atoms with Gasteiger partial charge in [0.05, 0.1) is 28.8 Å². The highest BCUT2D eigenvalue weighted by Gasteiger charge is 2.16. The summed E-state index contributed by atoms with van der Waals surface area (Å²) < 4.78 is 14.2. The fraction of sp³-hybridized carbons (Fsp3) is 0.136. The highest BCUT2D eigenvalue weighted by Crippen LogP contribution is 2.28. The molecule has 5 aromatic rings. The summed E-state index contributed by atoms with van der Waals surface area (Å²) >= 11 is 0. The summed E-state index contributed by atoms with van der Waals surface area (Å²) in [7, 11) is 0. The zero-order chi connectivity index (χ0) is 21.2. The van der Waals surface area contributed by atoms with Crippen LogP contribution in [0.3, 0.4) is 0 Å². The number of aromatic nitrogens is 6. The van der Waals surface area contributed by atoms with Crippen molar-refractivity contribution in [2.24, 2.45) is 0 Å². The Hall–Kier alpha value is -3.98. The lowest BCUT2D eigenvalue weighted by molar-refractivity contribution is 0.279. The molecule has 0 fully saturated rings. The number of anilines is 1. The van der Waals surface area contributed by atoms with E-state index in [2.05, 4.69) is 35.5 Å². The van der Waals surface area contributed by atoms with Crippen LogP contribution in [0.1, 0.15) is 18.0 Å². The summed E-state index contributed by atoms with van der Waals surface area (Å²) in [5.74, 6) is 0.0236. The maximum absolute atomic E-state index is 14.2. The van der Waals surface area contributed by atoms with Crippen molar-refractivity contribution in [2.45, 2.75) is 12.5 Å². The number of nitrogens with one attached hydrogen (secondary N) is 2. The Bertz CT molecular complexity index is 1370. The molecule has 8 nitrogen and oxygen atoms in total. The van der Waals surface area contributed by atoms with Crippen molar-refractivity contribution >= 4 is 27.9 Å². The van der Waals surface area contributed by atoms with Crippen molar-refractivity contribution in [3.8, 4) is 11.3 Å². The van der Waals surface area contributed by atoms with Crippen molar-refractivity contribution in [1.29, 1.82) is 0 Å². The molecule has 0 amide bonds. The van der Waals surface area contributed by atoms with Gasteiger partial charge in [0.2, 0.25) is 5.95 Å². The van der Waals surface area contributed by atoms with E-state index in [0.29, 0.717) is 23.6 Å². The van der Waals surface area contributed by atoms with E-state index in [1.165, 1.54) is 12.4 Å². The number of nitrogens with zero attached hydrogens (tertiary/aromatic N) is 5. The van der Waals surface area contributed by atoms with Gasteiger partial charge in [-0.1, -0.05) is 24.3 Å². The monoisotopic (exact) mass is 415 g/mol. The molecule has 0 radical (unpaired) electrons. The molecule has 0 saturated heterocycles. The van der Waals surface area contributed by atoms with Crippen LogP contribution in [-0.4, -0.2) is 41.8 Å². The molecule has 31 heavy (non-hydrogen) atoms. The fourth-order valence-electron chi connectivity index (χ4n) is 3.59. The fourth-order valence-corrected chi connectivity index (χ4v) is 3.59. The van der Waals surface area contributed by atoms with Crippen LogP contribution in [-0.2, 0) is 0 Å². The van der Waals surface area contributed by atoms with Gasteiger partial charge in [0, 0.05) is 29.3 Å². The van der Waals surface area contributed by atoms with Crippen LogP contribution in [0.25, 0.3) is 33.2 Å². The number of hydrogen-bond donors (Lipinski definition) is 3. The van der Waals surface area contributed by atoms with Gasteiger partial charge in [-0.15, -0.1) is 0 Å². The van der Waals surface area contributed by atoms with Crippen molar-refractivity contribution in [3.63, 3.8) is 0 Å². The molecule has 5 rings (SSSR count). The molecular weight excluding hydrogens is 397 g/mol. The van der Waals surface area contributed by atoms with Gasteiger partial charge in [0.15, 0.2) is 5.65 Å². The number of aromatic amines is 1. The van der Waals surface area contributed by atoms with E-state index < -0.39 is 6.04 Å². The van der Waals surface area contributed by atoms with E-state index in [1.807, 2.05) is 18.2 Å². The van der Waals surface area contributed by atoms with Crippen LogP contribution >= 0.6 is 0 Å². The van der Waals surface area contributed by atoms with E-state index in [0.717, 1.165) is 27.5 Å². The van der Waals surface area contributed by atoms with E-state index in [9.17, 15) is 9.50 Å². The molecular formula is C22H18FN7O. The van der Waals surface area contributed by atoms with Gasteiger partial charge in [-0.05, 0) is 24.6 Å². The van der Waals surface area contributed by atoms with Gasteiger partial charge < -0.3 is 10.4 Å². The molecule has 0 bridgehead atoms. The summed E-state index contributed by atoms with van der Waals surface area (Å²) in [5, 5.41) is 21.1. The molecule has 0 aliphatic heterocycles. The Balaban J connectivity index is 1.47. The van der Waals surface area contributed by atoms with Crippen LogP contribution < -0.4 is 5.32 Å². The number of aliphatic hydroxyl groups is 1. The molecule has 0 aliphatic rings. The molecule has 3 N–H and O–H groups in total. The Morgan fingerprint density at radius 1 is 1.06 bits per heavy atom. The minimum Gasteiger partial charge on any atom is -0.396 e. The van der Waals surface area contributed by atoms with Crippen LogP contribution in [0, 0.1) is 5.82 Å². The van der Waals surface area contributed by atoms with Crippen LogP contribution in [0.2, 0.25) is 0 Å². The van der Waals surface area contributed by atoms with Gasteiger partial charge in [-0.3, -0.25) is 5.10 Å². The quantitative estimate of drug-likeness (QED) is 0.388. The number of benzene rings is 2. The number of H-pyrrole nitrogens is 1. The molecule has 0 saturated carbocycles. The smallest absolute Gasteiger partial charge is 0.223 e. The highest BCUT2D eigenvalue weighted by atomic mass is 19.1.